The van der Waals surface area contributed by atoms with Gasteiger partial charge in [0.25, 0.3) is 10.6 Å². The Morgan fingerprint density at radius 3 is 2.95 bits per heavy atom. The Labute approximate surface area is 120 Å². The molecule has 2 aromatic rings. The second kappa shape index (κ2) is 5.38. The summed E-state index contributed by atoms with van der Waals surface area (Å²) >= 11 is 3.05. The number of hydrogen-bond acceptors (Lipinski definition) is 7. The van der Waals surface area contributed by atoms with Crippen LogP contribution >= 0.6 is 15.9 Å². The number of hydrogen-bond donors (Lipinski definition) is 2. The maximum absolute atomic E-state index is 11.4. The van der Waals surface area contributed by atoms with Crippen LogP contribution in [0.2, 0.25) is 0 Å². The van der Waals surface area contributed by atoms with Gasteiger partial charge in [-0.05, 0) is 22.9 Å². The lowest BCUT2D eigenvalue weighted by atomic mass is 10.2. The number of aryl methyl sites for hydroxylation is 1. The average molecular weight is 345 g/mol. The number of nitrogen functional groups attached to an aromatic ring is 1. The van der Waals surface area contributed by atoms with Crippen LogP contribution in [0, 0.1) is 17.0 Å². The molecule has 3 N–H and O–H groups in total. The van der Waals surface area contributed by atoms with E-state index in [4.69, 9.17) is 10.3 Å². The molecular formula is C9H9BrN6O4. The highest BCUT2D eigenvalue weighted by atomic mass is 79.9. The monoisotopic (exact) mass is 344 g/mol. The van der Waals surface area contributed by atoms with Gasteiger partial charge in [0.15, 0.2) is 0 Å². The summed E-state index contributed by atoms with van der Waals surface area (Å²) in [6.45, 7) is 1.69. The average Bonchev–Trinajstić information content (AvgIpc) is 2.93. The number of rotatable bonds is 4. The van der Waals surface area contributed by atoms with Crippen molar-refractivity contribution in [2.75, 3.05) is 0 Å². The first kappa shape index (κ1) is 14.1. The summed E-state index contributed by atoms with van der Waals surface area (Å²) in [6, 6.07) is 1.48. The third-order valence-electron chi connectivity index (χ3n) is 2.43. The summed E-state index contributed by atoms with van der Waals surface area (Å²) < 4.78 is 6.79. The lowest BCUT2D eigenvalue weighted by Crippen LogP contribution is -2.30. The summed E-state index contributed by atoms with van der Waals surface area (Å²) in [5.41, 5.74) is 2.28. The third kappa shape index (κ3) is 2.67. The third-order valence-corrected chi connectivity index (χ3v) is 3.02. The molecule has 0 bridgehead atoms. The first-order chi connectivity index (χ1) is 9.42. The number of nitro groups is 1. The van der Waals surface area contributed by atoms with Gasteiger partial charge < -0.3 is 14.5 Å². The Hall–Kier alpha value is -2.27. The minimum absolute atomic E-state index is 0.0834. The fourth-order valence-corrected chi connectivity index (χ4v) is 1.93. The van der Waals surface area contributed by atoms with Crippen molar-refractivity contribution in [2.45, 2.75) is 13.5 Å². The molecule has 0 atom stereocenters. The standard InChI is InChI=1S/C9H9BrN6O4/c1-4-6(7(17)13-11)2-5(20-4)3-15-8(10)12-9(14-15)16(18)19/h2H,3,11H2,1H3,(H,13,17). The van der Waals surface area contributed by atoms with Crippen molar-refractivity contribution in [3.8, 4) is 0 Å². The van der Waals surface area contributed by atoms with Crippen LogP contribution in [0.25, 0.3) is 0 Å². The minimum atomic E-state index is -0.706. The smallest absolute Gasteiger partial charge is 0.463 e. The molecule has 106 valence electrons. The summed E-state index contributed by atoms with van der Waals surface area (Å²) in [7, 11) is 0. The number of halogens is 1. The molecule has 2 aromatic heterocycles. The van der Waals surface area contributed by atoms with E-state index >= 15 is 0 Å². The quantitative estimate of drug-likeness (QED) is 0.355. The second-order valence-corrected chi connectivity index (χ2v) is 4.46. The Morgan fingerprint density at radius 2 is 2.40 bits per heavy atom. The number of carbonyl (C=O) groups is 1. The number of nitrogens with one attached hydrogen (secondary N) is 1. The largest absolute Gasteiger partial charge is 0.492 e. The van der Waals surface area contributed by atoms with Crippen LogP contribution in [0.1, 0.15) is 21.9 Å². The molecule has 1 amide bonds. The van der Waals surface area contributed by atoms with E-state index in [-0.39, 0.29) is 16.8 Å². The van der Waals surface area contributed by atoms with Crippen molar-refractivity contribution in [3.63, 3.8) is 0 Å². The fraction of sp³-hybridized carbons (Fsp3) is 0.222. The van der Waals surface area contributed by atoms with Crippen molar-refractivity contribution in [2.24, 2.45) is 5.84 Å². The molecule has 10 nitrogen and oxygen atoms in total. The maximum atomic E-state index is 11.4. The molecule has 2 rings (SSSR count). The van der Waals surface area contributed by atoms with Crippen LogP contribution in [-0.4, -0.2) is 25.6 Å². The minimum Gasteiger partial charge on any atom is -0.463 e. The van der Waals surface area contributed by atoms with Gasteiger partial charge in [-0.25, -0.2) is 5.84 Å². The van der Waals surface area contributed by atoms with Gasteiger partial charge in [0.1, 0.15) is 18.1 Å². The highest BCUT2D eigenvalue weighted by Crippen LogP contribution is 2.18. The van der Waals surface area contributed by atoms with Gasteiger partial charge in [-0.1, -0.05) is 0 Å². The molecule has 0 fully saturated rings. The molecule has 0 aliphatic heterocycles. The van der Waals surface area contributed by atoms with Crippen molar-refractivity contribution >= 4 is 27.8 Å². The van der Waals surface area contributed by atoms with E-state index in [9.17, 15) is 14.9 Å². The summed E-state index contributed by atoms with van der Waals surface area (Å²) in [5.74, 6) is 4.80. The summed E-state index contributed by atoms with van der Waals surface area (Å²) in [6.07, 6.45) is 0. The van der Waals surface area contributed by atoms with Crippen LogP contribution in [0.5, 0.6) is 0 Å². The predicted octanol–water partition coefficient (Wildman–Crippen LogP) is 0.502. The highest BCUT2D eigenvalue weighted by Gasteiger charge is 2.21. The molecule has 11 heteroatoms. The van der Waals surface area contributed by atoms with Gasteiger partial charge in [0.05, 0.1) is 5.56 Å². The molecule has 0 aromatic carbocycles. The van der Waals surface area contributed by atoms with Gasteiger partial charge in [-0.15, -0.1) is 0 Å². The zero-order chi connectivity index (χ0) is 14.9. The van der Waals surface area contributed by atoms with E-state index < -0.39 is 16.8 Å². The number of hydrazine groups is 1. The lowest BCUT2D eigenvalue weighted by molar-refractivity contribution is -0.394. The van der Waals surface area contributed by atoms with Crippen molar-refractivity contribution < 1.29 is 14.1 Å². The molecule has 0 saturated carbocycles. The Kier molecular flexibility index (Phi) is 3.81. The van der Waals surface area contributed by atoms with Gasteiger partial charge in [-0.2, -0.15) is 4.68 Å². The lowest BCUT2D eigenvalue weighted by Gasteiger charge is -1.93. The first-order valence-corrected chi connectivity index (χ1v) is 6.06. The SMILES string of the molecule is Cc1oc(Cn2nc([N+](=O)[O-])nc2Br)cc1C(=O)NN. The Balaban J connectivity index is 2.26. The molecule has 0 unspecified atom stereocenters. The first-order valence-electron chi connectivity index (χ1n) is 5.27. The van der Waals surface area contributed by atoms with E-state index in [0.29, 0.717) is 11.5 Å². The Bertz CT molecular complexity index is 678. The van der Waals surface area contributed by atoms with Crippen molar-refractivity contribution in [1.29, 1.82) is 0 Å². The molecule has 2 heterocycles. The van der Waals surface area contributed by atoms with Gasteiger partial charge in [-0.3, -0.25) is 10.2 Å². The number of furan rings is 1. The van der Waals surface area contributed by atoms with Gasteiger partial charge >= 0.3 is 5.95 Å². The van der Waals surface area contributed by atoms with E-state index in [2.05, 4.69) is 26.0 Å². The van der Waals surface area contributed by atoms with E-state index in [0.717, 1.165) is 0 Å². The molecule has 0 aliphatic carbocycles. The van der Waals surface area contributed by atoms with Gasteiger partial charge in [0.2, 0.25) is 0 Å². The van der Waals surface area contributed by atoms with Crippen LogP contribution in [0.15, 0.2) is 15.2 Å². The number of carbonyl (C=O) groups excluding carboxylic acids is 1. The highest BCUT2D eigenvalue weighted by molar-refractivity contribution is 9.10. The van der Waals surface area contributed by atoms with Crippen LogP contribution < -0.4 is 11.3 Å². The number of aromatic nitrogens is 3. The molecule has 0 saturated heterocycles. The number of amides is 1. The predicted molar refractivity (Wildman–Crippen MR) is 68.6 cm³/mol. The van der Waals surface area contributed by atoms with E-state index in [1.165, 1.54) is 10.7 Å². The zero-order valence-corrected chi connectivity index (χ0v) is 11.7. The Morgan fingerprint density at radius 1 is 1.70 bits per heavy atom. The van der Waals surface area contributed by atoms with Crippen molar-refractivity contribution in [1.82, 2.24) is 20.2 Å². The van der Waals surface area contributed by atoms with E-state index in [1.807, 2.05) is 5.43 Å². The number of nitrogens with zero attached hydrogens (tertiary/aromatic N) is 4. The molecule has 0 radical (unpaired) electrons. The summed E-state index contributed by atoms with van der Waals surface area (Å²) in [5, 5.41) is 14.2. The van der Waals surface area contributed by atoms with E-state index in [1.54, 1.807) is 6.92 Å². The van der Waals surface area contributed by atoms with Crippen molar-refractivity contribution in [3.05, 3.63) is 38.0 Å². The van der Waals surface area contributed by atoms with Gasteiger partial charge in [0, 0.05) is 21.0 Å². The van der Waals surface area contributed by atoms with Crippen LogP contribution in [-0.2, 0) is 6.54 Å². The topological polar surface area (TPSA) is 142 Å². The zero-order valence-electron chi connectivity index (χ0n) is 10.2. The van der Waals surface area contributed by atoms with Crippen LogP contribution in [0.3, 0.4) is 0 Å². The molecular weight excluding hydrogens is 336 g/mol. The molecule has 0 aliphatic rings. The molecule has 20 heavy (non-hydrogen) atoms. The number of nitrogens with two attached hydrogens (primary N) is 1. The maximum Gasteiger partial charge on any atom is 0.492 e. The van der Waals surface area contributed by atoms with Crippen LogP contribution in [0.4, 0.5) is 5.95 Å². The fourth-order valence-electron chi connectivity index (χ4n) is 1.56. The normalized spacial score (nSPS) is 10.6. The molecule has 0 spiro atoms. The summed E-state index contributed by atoms with van der Waals surface area (Å²) in [4.78, 5) is 24.9. The second-order valence-electron chi connectivity index (χ2n) is 3.75.